The van der Waals surface area contributed by atoms with E-state index in [1.54, 1.807) is 0 Å². The third-order valence-electron chi connectivity index (χ3n) is 3.97. The Balaban J connectivity index is 1.94. The largest absolute Gasteiger partial charge is 0.396 e. The van der Waals surface area contributed by atoms with E-state index in [9.17, 15) is 0 Å². The molecule has 19 heavy (non-hydrogen) atoms. The smallest absolute Gasteiger partial charge is 0.156 e. The number of pyridine rings is 1. The van der Waals surface area contributed by atoms with Crippen LogP contribution in [0.5, 0.6) is 0 Å². The van der Waals surface area contributed by atoms with Gasteiger partial charge in [0.15, 0.2) is 5.82 Å². The number of imidazole rings is 1. The lowest BCUT2D eigenvalue weighted by atomic mass is 10.1. The first-order chi connectivity index (χ1) is 9.31. The molecule has 102 valence electrons. The van der Waals surface area contributed by atoms with Gasteiger partial charge >= 0.3 is 0 Å². The maximum absolute atomic E-state index is 9.01. The summed E-state index contributed by atoms with van der Waals surface area (Å²) in [7, 11) is 2.01. The van der Waals surface area contributed by atoms with Gasteiger partial charge in [0.1, 0.15) is 5.52 Å². The van der Waals surface area contributed by atoms with Crippen LogP contribution in [0, 0.1) is 0 Å². The van der Waals surface area contributed by atoms with Crippen molar-refractivity contribution in [3.63, 3.8) is 0 Å². The van der Waals surface area contributed by atoms with Crippen molar-refractivity contribution in [2.24, 2.45) is 7.05 Å². The predicted octanol–water partition coefficient (Wildman–Crippen LogP) is 1.71. The average Bonchev–Trinajstić information content (AvgIpc) is 3.03. The van der Waals surface area contributed by atoms with Crippen LogP contribution in [0.15, 0.2) is 18.6 Å². The molecular formula is C14H20N4O. The summed E-state index contributed by atoms with van der Waals surface area (Å²) in [5, 5.41) is 9.01. The molecule has 0 bridgehead atoms. The van der Waals surface area contributed by atoms with Gasteiger partial charge in [-0.15, -0.1) is 0 Å². The standard InChI is InChI=1S/C14H20N4O/c1-17-10-16-13-12(17)6-7-15-14(13)18-8-2-4-11(18)5-3-9-19/h6-7,10-11,19H,2-5,8-9H2,1H3. The number of hydrogen-bond acceptors (Lipinski definition) is 4. The van der Waals surface area contributed by atoms with E-state index in [2.05, 4.69) is 14.9 Å². The van der Waals surface area contributed by atoms with Crippen LogP contribution in [0.1, 0.15) is 25.7 Å². The molecule has 5 heteroatoms. The second kappa shape index (κ2) is 5.17. The fourth-order valence-corrected chi connectivity index (χ4v) is 3.00. The number of hydrogen-bond donors (Lipinski definition) is 1. The Morgan fingerprint density at radius 3 is 3.16 bits per heavy atom. The monoisotopic (exact) mass is 260 g/mol. The van der Waals surface area contributed by atoms with Gasteiger partial charge in [-0.2, -0.15) is 0 Å². The van der Waals surface area contributed by atoms with Crippen molar-refractivity contribution < 1.29 is 5.11 Å². The Labute approximate surface area is 112 Å². The third-order valence-corrected chi connectivity index (χ3v) is 3.97. The molecule has 1 unspecified atom stereocenters. The van der Waals surface area contributed by atoms with Crippen LogP contribution in [0.2, 0.25) is 0 Å². The van der Waals surface area contributed by atoms with Gasteiger partial charge in [0.05, 0.1) is 11.8 Å². The molecule has 0 saturated carbocycles. The van der Waals surface area contributed by atoms with Crippen molar-refractivity contribution in [3.8, 4) is 0 Å². The molecule has 2 aromatic rings. The Hall–Kier alpha value is -1.62. The zero-order chi connectivity index (χ0) is 13.2. The van der Waals surface area contributed by atoms with Crippen LogP contribution in [-0.2, 0) is 7.05 Å². The molecule has 1 fully saturated rings. The summed E-state index contributed by atoms with van der Waals surface area (Å²) >= 11 is 0. The summed E-state index contributed by atoms with van der Waals surface area (Å²) in [6.45, 7) is 1.31. The van der Waals surface area contributed by atoms with E-state index in [-0.39, 0.29) is 6.61 Å². The topological polar surface area (TPSA) is 54.2 Å². The number of aliphatic hydroxyl groups excluding tert-OH is 1. The first-order valence-electron chi connectivity index (χ1n) is 6.95. The first-order valence-corrected chi connectivity index (χ1v) is 6.95. The number of aryl methyl sites for hydroxylation is 1. The molecule has 1 aliphatic heterocycles. The van der Waals surface area contributed by atoms with Crippen LogP contribution in [0.25, 0.3) is 11.0 Å². The zero-order valence-corrected chi connectivity index (χ0v) is 11.3. The van der Waals surface area contributed by atoms with Crippen LogP contribution in [0.3, 0.4) is 0 Å². The van der Waals surface area contributed by atoms with E-state index in [0.717, 1.165) is 36.2 Å². The number of aliphatic hydroxyl groups is 1. The highest BCUT2D eigenvalue weighted by Gasteiger charge is 2.27. The van der Waals surface area contributed by atoms with E-state index in [1.165, 1.54) is 12.8 Å². The molecule has 3 rings (SSSR count). The van der Waals surface area contributed by atoms with Crippen molar-refractivity contribution in [2.45, 2.75) is 31.7 Å². The number of nitrogens with zero attached hydrogens (tertiary/aromatic N) is 4. The molecule has 0 aliphatic carbocycles. The van der Waals surface area contributed by atoms with Crippen LogP contribution >= 0.6 is 0 Å². The van der Waals surface area contributed by atoms with E-state index >= 15 is 0 Å². The highest BCUT2D eigenvalue weighted by molar-refractivity contribution is 5.86. The molecule has 0 amide bonds. The summed E-state index contributed by atoms with van der Waals surface area (Å²) in [4.78, 5) is 11.4. The summed E-state index contributed by atoms with van der Waals surface area (Å²) in [5.74, 6) is 0.999. The van der Waals surface area contributed by atoms with Gasteiger partial charge < -0.3 is 14.6 Å². The summed E-state index contributed by atoms with van der Waals surface area (Å²) in [6.07, 6.45) is 7.97. The van der Waals surface area contributed by atoms with Crippen LogP contribution in [-0.4, -0.2) is 38.8 Å². The quantitative estimate of drug-likeness (QED) is 0.909. The van der Waals surface area contributed by atoms with Gasteiger partial charge in [0.25, 0.3) is 0 Å². The molecular weight excluding hydrogens is 240 g/mol. The fraction of sp³-hybridized carbons (Fsp3) is 0.571. The van der Waals surface area contributed by atoms with E-state index in [4.69, 9.17) is 5.11 Å². The van der Waals surface area contributed by atoms with Crippen LogP contribution in [0.4, 0.5) is 5.82 Å². The Bertz CT molecular complexity index is 566. The minimum Gasteiger partial charge on any atom is -0.396 e. The number of fused-ring (bicyclic) bond motifs is 1. The Morgan fingerprint density at radius 2 is 2.32 bits per heavy atom. The SMILES string of the molecule is Cn1cnc2c(N3CCCC3CCCO)nccc21. The number of rotatable bonds is 4. The molecule has 0 aromatic carbocycles. The normalized spacial score (nSPS) is 19.5. The number of anilines is 1. The van der Waals surface area contributed by atoms with E-state index in [0.29, 0.717) is 6.04 Å². The maximum Gasteiger partial charge on any atom is 0.156 e. The van der Waals surface area contributed by atoms with Gasteiger partial charge in [-0.3, -0.25) is 0 Å². The van der Waals surface area contributed by atoms with E-state index < -0.39 is 0 Å². The fourth-order valence-electron chi connectivity index (χ4n) is 3.00. The maximum atomic E-state index is 9.01. The Morgan fingerprint density at radius 1 is 1.42 bits per heavy atom. The molecule has 1 aliphatic rings. The highest BCUT2D eigenvalue weighted by Crippen LogP contribution is 2.30. The molecule has 5 nitrogen and oxygen atoms in total. The summed E-state index contributed by atoms with van der Waals surface area (Å²) in [6, 6.07) is 2.50. The van der Waals surface area contributed by atoms with Crippen molar-refractivity contribution in [2.75, 3.05) is 18.1 Å². The molecule has 1 saturated heterocycles. The molecule has 0 radical (unpaired) electrons. The molecule has 2 aromatic heterocycles. The number of aromatic nitrogens is 3. The average molecular weight is 260 g/mol. The molecule has 0 spiro atoms. The summed E-state index contributed by atoms with van der Waals surface area (Å²) in [5.41, 5.74) is 2.11. The molecule has 3 heterocycles. The van der Waals surface area contributed by atoms with Crippen molar-refractivity contribution in [1.29, 1.82) is 0 Å². The minimum atomic E-state index is 0.269. The lowest BCUT2D eigenvalue weighted by Crippen LogP contribution is -2.30. The van der Waals surface area contributed by atoms with Gasteiger partial charge in [0, 0.05) is 32.4 Å². The second-order valence-corrected chi connectivity index (χ2v) is 5.21. The molecule has 1 atom stereocenters. The third kappa shape index (κ3) is 2.18. The predicted molar refractivity (Wildman–Crippen MR) is 75.2 cm³/mol. The summed E-state index contributed by atoms with van der Waals surface area (Å²) < 4.78 is 2.03. The van der Waals surface area contributed by atoms with Gasteiger partial charge in [0.2, 0.25) is 0 Å². The van der Waals surface area contributed by atoms with Crippen molar-refractivity contribution >= 4 is 16.9 Å². The van der Waals surface area contributed by atoms with Crippen LogP contribution < -0.4 is 4.90 Å². The highest BCUT2D eigenvalue weighted by atomic mass is 16.2. The van der Waals surface area contributed by atoms with Crippen molar-refractivity contribution in [3.05, 3.63) is 18.6 Å². The second-order valence-electron chi connectivity index (χ2n) is 5.21. The minimum absolute atomic E-state index is 0.269. The molecule has 1 N–H and O–H groups in total. The van der Waals surface area contributed by atoms with Crippen molar-refractivity contribution in [1.82, 2.24) is 14.5 Å². The zero-order valence-electron chi connectivity index (χ0n) is 11.3. The van der Waals surface area contributed by atoms with Gasteiger partial charge in [-0.25, -0.2) is 9.97 Å². The first kappa shape index (κ1) is 12.4. The van der Waals surface area contributed by atoms with Gasteiger partial charge in [-0.1, -0.05) is 0 Å². The van der Waals surface area contributed by atoms with Gasteiger partial charge in [-0.05, 0) is 31.7 Å². The Kier molecular flexibility index (Phi) is 3.38. The lowest BCUT2D eigenvalue weighted by Gasteiger charge is -2.25. The lowest BCUT2D eigenvalue weighted by molar-refractivity contribution is 0.279. The van der Waals surface area contributed by atoms with E-state index in [1.807, 2.05) is 30.2 Å².